The molecule has 2 unspecified atom stereocenters. The molecule has 7 heteroatoms. The van der Waals surface area contributed by atoms with Gasteiger partial charge in [-0.05, 0) is 26.3 Å². The van der Waals surface area contributed by atoms with Crippen LogP contribution in [-0.4, -0.2) is 39.6 Å². The second kappa shape index (κ2) is 4.79. The Labute approximate surface area is 99.7 Å². The maximum Gasteiger partial charge on any atom is 0.228 e. The predicted octanol–water partition coefficient (Wildman–Crippen LogP) is -0.233. The van der Waals surface area contributed by atoms with Crippen molar-refractivity contribution >= 4 is 5.91 Å². The maximum absolute atomic E-state index is 12.3. The average Bonchev–Trinajstić information content (AvgIpc) is 3.01. The standard InChI is InChI=1S/C10H18N6O/c1-3-10(4-5-11-6-10)9(17)12-7(2)8-13-15-16-14-8/h7,11H,3-6H2,1-2H3,(H,12,17)(H,13,14,15,16). The van der Waals surface area contributed by atoms with Crippen LogP contribution >= 0.6 is 0 Å². The summed E-state index contributed by atoms with van der Waals surface area (Å²) in [6.45, 7) is 5.55. The fourth-order valence-electron chi connectivity index (χ4n) is 2.17. The molecule has 0 aliphatic carbocycles. The summed E-state index contributed by atoms with van der Waals surface area (Å²) in [5.74, 6) is 0.581. The number of aromatic nitrogens is 4. The molecule has 1 aliphatic heterocycles. The molecular formula is C10H18N6O. The van der Waals surface area contributed by atoms with Gasteiger partial charge in [0.15, 0.2) is 5.82 Å². The quantitative estimate of drug-likeness (QED) is 0.673. The lowest BCUT2D eigenvalue weighted by molar-refractivity contribution is -0.131. The number of hydrogen-bond donors (Lipinski definition) is 3. The third-order valence-corrected chi connectivity index (χ3v) is 3.50. The van der Waals surface area contributed by atoms with Crippen molar-refractivity contribution in [1.82, 2.24) is 31.3 Å². The Balaban J connectivity index is 2.01. The van der Waals surface area contributed by atoms with E-state index >= 15 is 0 Å². The zero-order valence-corrected chi connectivity index (χ0v) is 10.2. The Morgan fingerprint density at radius 2 is 2.47 bits per heavy atom. The van der Waals surface area contributed by atoms with E-state index in [2.05, 4.69) is 31.3 Å². The van der Waals surface area contributed by atoms with Crippen molar-refractivity contribution in [2.75, 3.05) is 13.1 Å². The smallest absolute Gasteiger partial charge is 0.228 e. The van der Waals surface area contributed by atoms with Crippen molar-refractivity contribution in [2.45, 2.75) is 32.7 Å². The summed E-state index contributed by atoms with van der Waals surface area (Å²) in [5.41, 5.74) is -0.280. The molecule has 0 saturated carbocycles. The van der Waals surface area contributed by atoms with Crippen molar-refractivity contribution in [3.8, 4) is 0 Å². The van der Waals surface area contributed by atoms with Gasteiger partial charge in [0.05, 0.1) is 11.5 Å². The average molecular weight is 238 g/mol. The summed E-state index contributed by atoms with van der Waals surface area (Å²) < 4.78 is 0. The Bertz CT molecular complexity index is 370. The van der Waals surface area contributed by atoms with Crippen molar-refractivity contribution < 1.29 is 4.79 Å². The first kappa shape index (κ1) is 12.0. The Hall–Kier alpha value is -1.50. The minimum absolute atomic E-state index is 0.0716. The second-order valence-corrected chi connectivity index (χ2v) is 4.53. The molecule has 0 bridgehead atoms. The molecule has 1 aromatic rings. The van der Waals surface area contributed by atoms with E-state index in [1.807, 2.05) is 13.8 Å². The largest absolute Gasteiger partial charge is 0.346 e. The number of amides is 1. The number of aromatic amines is 1. The first-order valence-corrected chi connectivity index (χ1v) is 5.93. The molecule has 2 rings (SSSR count). The molecule has 0 radical (unpaired) electrons. The van der Waals surface area contributed by atoms with Crippen LogP contribution < -0.4 is 10.6 Å². The molecule has 0 spiro atoms. The van der Waals surface area contributed by atoms with E-state index in [9.17, 15) is 4.79 Å². The molecule has 1 aliphatic rings. The highest BCUT2D eigenvalue weighted by Crippen LogP contribution is 2.30. The van der Waals surface area contributed by atoms with Gasteiger partial charge in [-0.25, -0.2) is 0 Å². The fraction of sp³-hybridized carbons (Fsp3) is 0.800. The molecule has 17 heavy (non-hydrogen) atoms. The van der Waals surface area contributed by atoms with Gasteiger partial charge in [-0.15, -0.1) is 10.2 Å². The molecule has 3 N–H and O–H groups in total. The monoisotopic (exact) mass is 238 g/mol. The highest BCUT2D eigenvalue weighted by atomic mass is 16.2. The number of carbonyl (C=O) groups excluding carboxylic acids is 1. The fourth-order valence-corrected chi connectivity index (χ4v) is 2.17. The highest BCUT2D eigenvalue weighted by molar-refractivity contribution is 5.83. The number of rotatable bonds is 4. The Morgan fingerprint density at radius 3 is 3.00 bits per heavy atom. The molecule has 1 saturated heterocycles. The zero-order valence-electron chi connectivity index (χ0n) is 10.2. The lowest BCUT2D eigenvalue weighted by atomic mass is 9.83. The number of nitrogens with one attached hydrogen (secondary N) is 3. The van der Waals surface area contributed by atoms with Crippen LogP contribution in [0.3, 0.4) is 0 Å². The van der Waals surface area contributed by atoms with Crippen molar-refractivity contribution in [1.29, 1.82) is 0 Å². The van der Waals surface area contributed by atoms with Gasteiger partial charge in [0.2, 0.25) is 5.91 Å². The molecule has 1 fully saturated rings. The minimum atomic E-state index is -0.280. The van der Waals surface area contributed by atoms with Crippen LogP contribution in [0.4, 0.5) is 0 Å². The number of H-pyrrole nitrogens is 1. The van der Waals surface area contributed by atoms with E-state index in [1.54, 1.807) is 0 Å². The van der Waals surface area contributed by atoms with Crippen molar-refractivity contribution in [2.24, 2.45) is 5.41 Å². The summed E-state index contributed by atoms with van der Waals surface area (Å²) in [6.07, 6.45) is 1.72. The third-order valence-electron chi connectivity index (χ3n) is 3.50. The van der Waals surface area contributed by atoms with Crippen LogP contribution in [0.5, 0.6) is 0 Å². The van der Waals surface area contributed by atoms with Crippen molar-refractivity contribution in [3.05, 3.63) is 5.82 Å². The van der Waals surface area contributed by atoms with Gasteiger partial charge >= 0.3 is 0 Å². The SMILES string of the molecule is CCC1(C(=O)NC(C)c2nn[nH]n2)CCNC1. The molecule has 94 valence electrons. The molecule has 2 heterocycles. The van der Waals surface area contributed by atoms with Crippen molar-refractivity contribution in [3.63, 3.8) is 0 Å². The van der Waals surface area contributed by atoms with E-state index < -0.39 is 0 Å². The first-order valence-electron chi connectivity index (χ1n) is 5.93. The normalized spacial score (nSPS) is 25.8. The van der Waals surface area contributed by atoms with Gasteiger partial charge in [0, 0.05) is 6.54 Å². The molecule has 1 aromatic heterocycles. The maximum atomic E-state index is 12.3. The van der Waals surface area contributed by atoms with Gasteiger partial charge in [-0.2, -0.15) is 5.21 Å². The van der Waals surface area contributed by atoms with Gasteiger partial charge in [0.1, 0.15) is 0 Å². The van der Waals surface area contributed by atoms with Crippen LogP contribution in [0.1, 0.15) is 38.6 Å². The summed E-state index contributed by atoms with van der Waals surface area (Å²) in [7, 11) is 0. The number of tetrazole rings is 1. The minimum Gasteiger partial charge on any atom is -0.346 e. The lowest BCUT2D eigenvalue weighted by Gasteiger charge is -2.26. The van der Waals surface area contributed by atoms with Crippen LogP contribution in [-0.2, 0) is 4.79 Å². The summed E-state index contributed by atoms with van der Waals surface area (Å²) in [4.78, 5) is 12.3. The molecule has 2 atom stereocenters. The van der Waals surface area contributed by atoms with Gasteiger partial charge in [-0.1, -0.05) is 12.1 Å². The molecule has 7 nitrogen and oxygen atoms in total. The van der Waals surface area contributed by atoms with Gasteiger partial charge < -0.3 is 10.6 Å². The summed E-state index contributed by atoms with van der Waals surface area (Å²) >= 11 is 0. The van der Waals surface area contributed by atoms with E-state index in [1.165, 1.54) is 0 Å². The zero-order chi connectivity index (χ0) is 12.3. The number of carbonyl (C=O) groups is 1. The van der Waals surface area contributed by atoms with E-state index in [4.69, 9.17) is 0 Å². The van der Waals surface area contributed by atoms with E-state index in [0.29, 0.717) is 5.82 Å². The van der Waals surface area contributed by atoms with Gasteiger partial charge in [-0.3, -0.25) is 4.79 Å². The van der Waals surface area contributed by atoms with Gasteiger partial charge in [0.25, 0.3) is 0 Å². The Morgan fingerprint density at radius 1 is 1.65 bits per heavy atom. The van der Waals surface area contributed by atoms with E-state index in [-0.39, 0.29) is 17.4 Å². The second-order valence-electron chi connectivity index (χ2n) is 4.53. The first-order chi connectivity index (χ1) is 8.18. The van der Waals surface area contributed by atoms with E-state index in [0.717, 1.165) is 25.9 Å². The highest BCUT2D eigenvalue weighted by Gasteiger charge is 2.40. The topological polar surface area (TPSA) is 95.6 Å². The number of nitrogens with zero attached hydrogens (tertiary/aromatic N) is 3. The number of hydrogen-bond acceptors (Lipinski definition) is 5. The summed E-state index contributed by atoms with van der Waals surface area (Å²) in [5, 5.41) is 19.8. The molecular weight excluding hydrogens is 220 g/mol. The third kappa shape index (κ3) is 2.28. The van der Waals surface area contributed by atoms with Crippen LogP contribution in [0.15, 0.2) is 0 Å². The lowest BCUT2D eigenvalue weighted by Crippen LogP contribution is -2.43. The summed E-state index contributed by atoms with van der Waals surface area (Å²) in [6, 6.07) is -0.217. The molecule has 0 aromatic carbocycles. The predicted molar refractivity (Wildman–Crippen MR) is 60.9 cm³/mol. The van der Waals surface area contributed by atoms with Crippen LogP contribution in [0.2, 0.25) is 0 Å². The Kier molecular flexibility index (Phi) is 3.37. The van der Waals surface area contributed by atoms with Crippen LogP contribution in [0, 0.1) is 5.41 Å². The van der Waals surface area contributed by atoms with Crippen LogP contribution in [0.25, 0.3) is 0 Å². The molecule has 1 amide bonds.